The summed E-state index contributed by atoms with van der Waals surface area (Å²) in [5, 5.41) is 0. The number of carbonyl (C=O) groups is 1. The Hall–Kier alpha value is -1.47. The van der Waals surface area contributed by atoms with Crippen molar-refractivity contribution in [2.75, 3.05) is 6.54 Å². The Morgan fingerprint density at radius 2 is 1.92 bits per heavy atom. The van der Waals surface area contributed by atoms with Crippen molar-refractivity contribution in [1.29, 1.82) is 0 Å². The first-order valence-electron chi connectivity index (χ1n) is 9.67. The van der Waals surface area contributed by atoms with Crippen LogP contribution >= 0.6 is 0 Å². The summed E-state index contributed by atoms with van der Waals surface area (Å²) < 4.78 is 5.90. The van der Waals surface area contributed by atoms with Crippen LogP contribution in [0.15, 0.2) is 29.7 Å². The van der Waals surface area contributed by atoms with Crippen LogP contribution in [0.2, 0.25) is 0 Å². The van der Waals surface area contributed by atoms with Gasteiger partial charge in [-0.3, -0.25) is 4.90 Å². The van der Waals surface area contributed by atoms with Gasteiger partial charge in [-0.15, -0.1) is 0 Å². The van der Waals surface area contributed by atoms with Crippen molar-refractivity contribution in [2.45, 2.75) is 85.2 Å². The minimum Gasteiger partial charge on any atom is -0.443 e. The van der Waals surface area contributed by atoms with Crippen molar-refractivity contribution >= 4 is 6.09 Å². The van der Waals surface area contributed by atoms with Crippen molar-refractivity contribution in [3.63, 3.8) is 0 Å². The van der Waals surface area contributed by atoms with Crippen molar-refractivity contribution in [2.24, 2.45) is 5.92 Å². The maximum Gasteiger partial charge on any atom is 0.415 e. The average molecular weight is 334 g/mol. The fourth-order valence-corrected chi connectivity index (χ4v) is 3.33. The van der Waals surface area contributed by atoms with Gasteiger partial charge in [-0.05, 0) is 64.5 Å². The second-order valence-corrected chi connectivity index (χ2v) is 6.76. The molecule has 2 aliphatic carbocycles. The van der Waals surface area contributed by atoms with E-state index < -0.39 is 5.60 Å². The van der Waals surface area contributed by atoms with E-state index in [1.807, 2.05) is 32.9 Å². The van der Waals surface area contributed by atoms with E-state index >= 15 is 0 Å². The van der Waals surface area contributed by atoms with Crippen LogP contribution in [0, 0.1) is 5.92 Å². The first kappa shape index (κ1) is 20.6. The van der Waals surface area contributed by atoms with E-state index in [1.54, 1.807) is 4.90 Å². The average Bonchev–Trinajstić information content (AvgIpc) is 2.87. The van der Waals surface area contributed by atoms with E-state index in [0.29, 0.717) is 12.5 Å². The zero-order chi connectivity index (χ0) is 18.0. The van der Waals surface area contributed by atoms with Gasteiger partial charge in [-0.1, -0.05) is 44.9 Å². The van der Waals surface area contributed by atoms with E-state index in [2.05, 4.69) is 25.7 Å². The third-order valence-electron chi connectivity index (χ3n) is 4.77. The van der Waals surface area contributed by atoms with Crippen LogP contribution in [0.25, 0.3) is 0 Å². The highest BCUT2D eigenvalue weighted by molar-refractivity contribution is 5.71. The van der Waals surface area contributed by atoms with Gasteiger partial charge >= 0.3 is 6.09 Å². The molecule has 0 spiro atoms. The molecule has 2 aliphatic rings. The van der Waals surface area contributed by atoms with E-state index in [-0.39, 0.29) is 6.09 Å². The number of rotatable bonds is 4. The lowest BCUT2D eigenvalue weighted by atomic mass is 9.79. The fraction of sp³-hybridized carbons (Fsp3) is 0.714. The molecule has 1 amide bonds. The molecular weight excluding hydrogens is 298 g/mol. The highest BCUT2D eigenvalue weighted by Gasteiger charge is 2.35. The van der Waals surface area contributed by atoms with Crippen LogP contribution in [0.4, 0.5) is 4.79 Å². The smallest absolute Gasteiger partial charge is 0.415 e. The number of hydrogen-bond acceptors (Lipinski definition) is 2. The van der Waals surface area contributed by atoms with Gasteiger partial charge in [0.15, 0.2) is 0 Å². The maximum atomic E-state index is 12.6. The van der Waals surface area contributed by atoms with Gasteiger partial charge in [0.1, 0.15) is 5.60 Å². The number of hydrogen-bond donors (Lipinski definition) is 0. The minimum atomic E-state index is -0.399. The molecule has 0 aromatic rings. The molecule has 2 rings (SSSR count). The zero-order valence-corrected chi connectivity index (χ0v) is 16.2. The second-order valence-electron chi connectivity index (χ2n) is 6.76. The first-order chi connectivity index (χ1) is 11.5. The molecule has 3 heteroatoms. The molecule has 0 unspecified atom stereocenters. The Kier molecular flexibility index (Phi) is 8.92. The third-order valence-corrected chi connectivity index (χ3v) is 4.77. The minimum absolute atomic E-state index is 0.250. The molecule has 0 radical (unpaired) electrons. The highest BCUT2D eigenvalue weighted by Crippen LogP contribution is 2.35. The molecule has 0 atom stereocenters. The van der Waals surface area contributed by atoms with Crippen molar-refractivity contribution < 1.29 is 9.53 Å². The largest absolute Gasteiger partial charge is 0.443 e. The zero-order valence-electron chi connectivity index (χ0n) is 16.2. The molecule has 0 bridgehead atoms. The van der Waals surface area contributed by atoms with Gasteiger partial charge in [0.05, 0.1) is 5.70 Å². The van der Waals surface area contributed by atoms with Crippen LogP contribution in [0.5, 0.6) is 0 Å². The normalized spacial score (nSPS) is 18.1. The Morgan fingerprint density at radius 1 is 1.25 bits per heavy atom. The molecule has 0 aliphatic heterocycles. The van der Waals surface area contributed by atoms with E-state index in [4.69, 9.17) is 4.74 Å². The number of ether oxygens (including phenoxy) is 1. The summed E-state index contributed by atoms with van der Waals surface area (Å²) >= 11 is 0. The fourth-order valence-electron chi connectivity index (χ4n) is 3.33. The standard InChI is InChI=1S/C19H29NO2.C2H6/c1-4-20(17-14-10-5-6-11-15-17)18(21)22-19(2,3)16-12-8-7-9-13-16;1-2/h10-11,14,16H,4-9,12-13H2,1-3H3;1-2H3. The SMILES string of the molecule is CC.CCN(C(=O)OC(C)(C)C1CCCCC1)C1=C=CCCC=C1. The summed E-state index contributed by atoms with van der Waals surface area (Å²) in [5.74, 6) is 0.470. The Balaban J connectivity index is 0.00000139. The Morgan fingerprint density at radius 3 is 2.54 bits per heavy atom. The summed E-state index contributed by atoms with van der Waals surface area (Å²) in [4.78, 5) is 14.3. The molecule has 0 N–H and O–H groups in total. The molecule has 0 aromatic carbocycles. The van der Waals surface area contributed by atoms with Gasteiger partial charge < -0.3 is 4.74 Å². The van der Waals surface area contributed by atoms with Crippen molar-refractivity contribution in [3.05, 3.63) is 29.7 Å². The van der Waals surface area contributed by atoms with Gasteiger partial charge in [0, 0.05) is 6.54 Å². The maximum absolute atomic E-state index is 12.6. The summed E-state index contributed by atoms with van der Waals surface area (Å²) in [6, 6.07) is 0. The lowest BCUT2D eigenvalue weighted by Gasteiger charge is -2.37. The molecule has 136 valence electrons. The summed E-state index contributed by atoms with van der Waals surface area (Å²) in [7, 11) is 0. The third kappa shape index (κ3) is 5.87. The van der Waals surface area contributed by atoms with Gasteiger partial charge in [0.25, 0.3) is 0 Å². The highest BCUT2D eigenvalue weighted by atomic mass is 16.6. The second kappa shape index (κ2) is 10.4. The molecule has 3 nitrogen and oxygen atoms in total. The van der Waals surface area contributed by atoms with E-state index in [9.17, 15) is 4.79 Å². The van der Waals surface area contributed by atoms with Crippen LogP contribution in [-0.2, 0) is 4.74 Å². The lowest BCUT2D eigenvalue weighted by molar-refractivity contribution is -0.0303. The molecule has 1 saturated carbocycles. The van der Waals surface area contributed by atoms with Gasteiger partial charge in [0.2, 0.25) is 0 Å². The summed E-state index contributed by atoms with van der Waals surface area (Å²) in [6.45, 7) is 10.7. The van der Waals surface area contributed by atoms with Crippen LogP contribution < -0.4 is 0 Å². The van der Waals surface area contributed by atoms with Crippen LogP contribution in [-0.4, -0.2) is 23.1 Å². The van der Waals surface area contributed by atoms with Gasteiger partial charge in [-0.2, -0.15) is 0 Å². The Labute approximate surface area is 148 Å². The monoisotopic (exact) mass is 333 g/mol. The Bertz CT molecular complexity index is 478. The molecular formula is C21H35NO2. The molecule has 24 heavy (non-hydrogen) atoms. The predicted octanol–water partition coefficient (Wildman–Crippen LogP) is 6.22. The van der Waals surface area contributed by atoms with Gasteiger partial charge in [-0.25, -0.2) is 4.79 Å². The topological polar surface area (TPSA) is 29.5 Å². The predicted molar refractivity (Wildman–Crippen MR) is 101 cm³/mol. The van der Waals surface area contributed by atoms with Crippen LogP contribution in [0.3, 0.4) is 0 Å². The van der Waals surface area contributed by atoms with Crippen LogP contribution in [0.1, 0.15) is 79.6 Å². The van der Waals surface area contributed by atoms with E-state index in [0.717, 1.165) is 31.4 Å². The molecule has 0 aromatic heterocycles. The quantitative estimate of drug-likeness (QED) is 0.572. The lowest BCUT2D eigenvalue weighted by Crippen LogP contribution is -2.42. The van der Waals surface area contributed by atoms with Crippen molar-refractivity contribution in [1.82, 2.24) is 4.90 Å². The number of allylic oxidation sites excluding steroid dienone is 2. The summed E-state index contributed by atoms with van der Waals surface area (Å²) in [6.07, 6.45) is 13.9. The number of likely N-dealkylation sites (N-methyl/N-ethyl adjacent to an activating group) is 1. The number of amides is 1. The molecule has 0 saturated heterocycles. The van der Waals surface area contributed by atoms with Crippen molar-refractivity contribution in [3.8, 4) is 0 Å². The first-order valence-corrected chi connectivity index (χ1v) is 9.67. The molecule has 0 heterocycles. The molecule has 1 fully saturated rings. The van der Waals surface area contributed by atoms with E-state index in [1.165, 1.54) is 19.3 Å². The number of nitrogens with zero attached hydrogens (tertiary/aromatic N) is 1. The number of carbonyl (C=O) groups excluding carboxylic acids is 1. The summed E-state index contributed by atoms with van der Waals surface area (Å²) in [5.41, 5.74) is 3.62.